The van der Waals surface area contributed by atoms with E-state index >= 15 is 0 Å². The van der Waals surface area contributed by atoms with Gasteiger partial charge in [-0.3, -0.25) is 4.79 Å². The number of ether oxygens (including phenoxy) is 2. The zero-order valence-electron chi connectivity index (χ0n) is 14.2. The summed E-state index contributed by atoms with van der Waals surface area (Å²) >= 11 is 1.70. The Kier molecular flexibility index (Phi) is 6.88. The highest BCUT2D eigenvalue weighted by molar-refractivity contribution is 7.09. The van der Waals surface area contributed by atoms with Crippen LogP contribution in [0.2, 0.25) is 0 Å². The summed E-state index contributed by atoms with van der Waals surface area (Å²) in [6, 6.07) is 9.69. The lowest BCUT2D eigenvalue weighted by Gasteiger charge is -2.13. The zero-order chi connectivity index (χ0) is 17.4. The quantitative estimate of drug-likeness (QED) is 0.738. The van der Waals surface area contributed by atoms with Gasteiger partial charge in [-0.2, -0.15) is 0 Å². The molecule has 2 rings (SSSR count). The van der Waals surface area contributed by atoms with E-state index in [-0.39, 0.29) is 12.0 Å². The minimum atomic E-state index is -0.104. The third kappa shape index (κ3) is 5.74. The van der Waals surface area contributed by atoms with Gasteiger partial charge < -0.3 is 14.8 Å². The van der Waals surface area contributed by atoms with Crippen molar-refractivity contribution in [2.24, 2.45) is 0 Å². The lowest BCUT2D eigenvalue weighted by atomic mass is 10.2. The number of hydrogen-bond acceptors (Lipinski definition) is 4. The Labute approximate surface area is 147 Å². The zero-order valence-corrected chi connectivity index (χ0v) is 15.1. The first kappa shape index (κ1) is 18.1. The second-order valence-corrected chi connectivity index (χ2v) is 6.56. The summed E-state index contributed by atoms with van der Waals surface area (Å²) in [5, 5.41) is 4.92. The van der Waals surface area contributed by atoms with Crippen molar-refractivity contribution in [2.75, 3.05) is 13.7 Å². The van der Waals surface area contributed by atoms with Gasteiger partial charge in [-0.25, -0.2) is 0 Å². The van der Waals surface area contributed by atoms with Crippen LogP contribution in [0.5, 0.6) is 11.5 Å². The van der Waals surface area contributed by atoms with Gasteiger partial charge in [-0.1, -0.05) is 12.1 Å². The Balaban J connectivity index is 1.89. The van der Waals surface area contributed by atoms with Crippen LogP contribution < -0.4 is 14.8 Å². The van der Waals surface area contributed by atoms with E-state index < -0.39 is 0 Å². The highest BCUT2D eigenvalue weighted by Crippen LogP contribution is 2.29. The summed E-state index contributed by atoms with van der Waals surface area (Å²) in [6.07, 6.45) is 4.23. The van der Waals surface area contributed by atoms with Gasteiger partial charge in [0, 0.05) is 17.5 Å². The first-order valence-corrected chi connectivity index (χ1v) is 8.79. The van der Waals surface area contributed by atoms with Crippen LogP contribution in [-0.2, 0) is 11.2 Å². The van der Waals surface area contributed by atoms with Gasteiger partial charge in [0.2, 0.25) is 5.91 Å². The molecule has 1 aromatic carbocycles. The standard InChI is InChI=1S/C19H23NO3S/c1-14(2)23-17-8-6-15(13-18(17)22-3)7-9-19(21)20-11-10-16-5-4-12-24-16/h4-9,12-14H,10-11H2,1-3H3,(H,20,21)/b9-7+. The fourth-order valence-electron chi connectivity index (χ4n) is 2.13. The molecule has 128 valence electrons. The van der Waals surface area contributed by atoms with Crippen molar-refractivity contribution < 1.29 is 14.3 Å². The number of amides is 1. The van der Waals surface area contributed by atoms with Gasteiger partial charge in [0.1, 0.15) is 0 Å². The first-order chi connectivity index (χ1) is 11.6. The van der Waals surface area contributed by atoms with Gasteiger partial charge in [0.25, 0.3) is 0 Å². The SMILES string of the molecule is COc1cc(/C=C/C(=O)NCCc2cccs2)ccc1OC(C)C. The molecule has 0 aliphatic carbocycles. The minimum Gasteiger partial charge on any atom is -0.493 e. The maximum atomic E-state index is 11.9. The summed E-state index contributed by atoms with van der Waals surface area (Å²) < 4.78 is 11.0. The predicted molar refractivity (Wildman–Crippen MR) is 98.8 cm³/mol. The third-order valence-electron chi connectivity index (χ3n) is 3.23. The normalized spacial score (nSPS) is 11.0. The Morgan fingerprint density at radius 1 is 1.29 bits per heavy atom. The molecule has 1 N–H and O–H groups in total. The molecule has 24 heavy (non-hydrogen) atoms. The summed E-state index contributed by atoms with van der Waals surface area (Å²) in [7, 11) is 1.60. The number of carbonyl (C=O) groups is 1. The molecule has 2 aromatic rings. The molecule has 0 unspecified atom stereocenters. The van der Waals surface area contributed by atoms with E-state index in [1.54, 1.807) is 24.5 Å². The number of benzene rings is 1. The third-order valence-corrected chi connectivity index (χ3v) is 4.16. The molecule has 0 saturated carbocycles. The van der Waals surface area contributed by atoms with E-state index in [1.807, 2.05) is 43.5 Å². The maximum absolute atomic E-state index is 11.9. The smallest absolute Gasteiger partial charge is 0.244 e. The molecule has 5 heteroatoms. The largest absolute Gasteiger partial charge is 0.493 e. The van der Waals surface area contributed by atoms with Crippen molar-refractivity contribution in [1.29, 1.82) is 0 Å². The molecular weight excluding hydrogens is 322 g/mol. The average molecular weight is 345 g/mol. The number of methoxy groups -OCH3 is 1. The van der Waals surface area contributed by atoms with Crippen molar-refractivity contribution in [3.63, 3.8) is 0 Å². The van der Waals surface area contributed by atoms with Crippen LogP contribution in [0.4, 0.5) is 0 Å². The highest BCUT2D eigenvalue weighted by Gasteiger charge is 2.06. The summed E-state index contributed by atoms with van der Waals surface area (Å²) in [5.41, 5.74) is 0.886. The van der Waals surface area contributed by atoms with Crippen LogP contribution in [0.25, 0.3) is 6.08 Å². The van der Waals surface area contributed by atoms with Gasteiger partial charge >= 0.3 is 0 Å². The van der Waals surface area contributed by atoms with E-state index in [2.05, 4.69) is 11.4 Å². The second kappa shape index (κ2) is 9.13. The molecule has 0 bridgehead atoms. The Morgan fingerprint density at radius 3 is 2.79 bits per heavy atom. The van der Waals surface area contributed by atoms with Crippen molar-refractivity contribution in [1.82, 2.24) is 5.32 Å². The van der Waals surface area contributed by atoms with Crippen molar-refractivity contribution in [3.8, 4) is 11.5 Å². The van der Waals surface area contributed by atoms with Crippen LogP contribution in [0, 0.1) is 0 Å². The summed E-state index contributed by atoms with van der Waals surface area (Å²) in [6.45, 7) is 4.57. The maximum Gasteiger partial charge on any atom is 0.244 e. The van der Waals surface area contributed by atoms with Gasteiger partial charge in [0.05, 0.1) is 13.2 Å². The lowest BCUT2D eigenvalue weighted by molar-refractivity contribution is -0.116. The van der Waals surface area contributed by atoms with Crippen LogP contribution in [0.1, 0.15) is 24.3 Å². The predicted octanol–water partition coefficient (Wildman–Crippen LogP) is 3.92. The average Bonchev–Trinajstić information content (AvgIpc) is 3.06. The molecule has 0 radical (unpaired) electrons. The van der Waals surface area contributed by atoms with Crippen LogP contribution in [0.15, 0.2) is 41.8 Å². The van der Waals surface area contributed by atoms with E-state index in [4.69, 9.17) is 9.47 Å². The van der Waals surface area contributed by atoms with Crippen molar-refractivity contribution in [2.45, 2.75) is 26.4 Å². The fourth-order valence-corrected chi connectivity index (χ4v) is 2.84. The first-order valence-electron chi connectivity index (χ1n) is 7.91. The molecule has 0 fully saturated rings. The highest BCUT2D eigenvalue weighted by atomic mass is 32.1. The van der Waals surface area contributed by atoms with E-state index in [1.165, 1.54) is 11.0 Å². The minimum absolute atomic E-state index is 0.0782. The van der Waals surface area contributed by atoms with Crippen LogP contribution in [-0.4, -0.2) is 25.7 Å². The van der Waals surface area contributed by atoms with E-state index in [0.29, 0.717) is 18.0 Å². The molecule has 1 amide bonds. The van der Waals surface area contributed by atoms with Crippen molar-refractivity contribution in [3.05, 3.63) is 52.2 Å². The molecule has 1 aromatic heterocycles. The number of thiophene rings is 1. The molecule has 0 aliphatic heterocycles. The van der Waals surface area contributed by atoms with Crippen LogP contribution >= 0.6 is 11.3 Å². The monoisotopic (exact) mass is 345 g/mol. The topological polar surface area (TPSA) is 47.6 Å². The number of carbonyl (C=O) groups excluding carboxylic acids is 1. The molecule has 0 saturated heterocycles. The molecule has 0 atom stereocenters. The number of rotatable bonds is 8. The Hall–Kier alpha value is -2.27. The van der Waals surface area contributed by atoms with Gasteiger partial charge in [0.15, 0.2) is 11.5 Å². The number of hydrogen-bond donors (Lipinski definition) is 1. The van der Waals surface area contributed by atoms with Gasteiger partial charge in [-0.05, 0) is 55.5 Å². The molecular formula is C19H23NO3S. The fraction of sp³-hybridized carbons (Fsp3) is 0.316. The lowest BCUT2D eigenvalue weighted by Crippen LogP contribution is -2.23. The Bertz CT molecular complexity index is 678. The Morgan fingerprint density at radius 2 is 2.12 bits per heavy atom. The second-order valence-electron chi connectivity index (χ2n) is 5.53. The molecule has 0 aliphatic rings. The summed E-state index contributed by atoms with van der Waals surface area (Å²) in [5.74, 6) is 1.25. The summed E-state index contributed by atoms with van der Waals surface area (Å²) in [4.78, 5) is 13.1. The molecule has 0 spiro atoms. The van der Waals surface area contributed by atoms with E-state index in [0.717, 1.165) is 12.0 Å². The van der Waals surface area contributed by atoms with Gasteiger partial charge in [-0.15, -0.1) is 11.3 Å². The van der Waals surface area contributed by atoms with E-state index in [9.17, 15) is 4.79 Å². The molecule has 1 heterocycles. The molecule has 4 nitrogen and oxygen atoms in total. The number of nitrogens with one attached hydrogen (secondary N) is 1. The van der Waals surface area contributed by atoms with Crippen molar-refractivity contribution >= 4 is 23.3 Å². The van der Waals surface area contributed by atoms with Crippen LogP contribution in [0.3, 0.4) is 0 Å².